The molecule has 0 amide bonds. The van der Waals surface area contributed by atoms with Crippen LogP contribution in [0.25, 0.3) is 0 Å². The van der Waals surface area contributed by atoms with Crippen molar-refractivity contribution < 1.29 is 8.42 Å². The Kier molecular flexibility index (Phi) is 2.52. The predicted octanol–water partition coefficient (Wildman–Crippen LogP) is 1.13. The van der Waals surface area contributed by atoms with Gasteiger partial charge < -0.3 is 5.73 Å². The number of rotatable bonds is 3. The van der Waals surface area contributed by atoms with Gasteiger partial charge in [-0.15, -0.1) is 0 Å². The third-order valence-electron chi connectivity index (χ3n) is 2.57. The van der Waals surface area contributed by atoms with Gasteiger partial charge in [-0.3, -0.25) is 0 Å². The lowest BCUT2D eigenvalue weighted by molar-refractivity contribution is 0.594. The molecule has 1 aliphatic rings. The van der Waals surface area contributed by atoms with E-state index in [1.807, 2.05) is 0 Å². The summed E-state index contributed by atoms with van der Waals surface area (Å²) in [4.78, 5) is 0.660. The number of thiocarbonyl (C=S) groups is 1. The molecule has 2 N–H and O–H groups in total. The summed E-state index contributed by atoms with van der Waals surface area (Å²) in [5.74, 6) is -0.134. The second-order valence-corrected chi connectivity index (χ2v) is 6.28. The number of nitrogens with two attached hydrogens (primary N) is 1. The molecule has 1 aliphatic carbocycles. The molecule has 1 fully saturated rings. The molecule has 2 atom stereocenters. The molecular weight excluding hydrogens is 230 g/mol. The number of hydrogen-bond acceptors (Lipinski definition) is 3. The summed E-state index contributed by atoms with van der Waals surface area (Å²) >= 11 is 4.79. The van der Waals surface area contributed by atoms with Crippen LogP contribution >= 0.6 is 12.2 Å². The SMILES string of the molecule is NC(=S)C1CC1S(=O)(=O)c1ccccc1. The maximum atomic E-state index is 12.0. The fraction of sp³-hybridized carbons (Fsp3) is 0.300. The van der Waals surface area contributed by atoms with E-state index < -0.39 is 15.1 Å². The summed E-state index contributed by atoms with van der Waals surface area (Å²) in [6.45, 7) is 0. The van der Waals surface area contributed by atoms with Gasteiger partial charge in [-0.2, -0.15) is 0 Å². The van der Waals surface area contributed by atoms with Crippen LogP contribution in [-0.4, -0.2) is 18.7 Å². The van der Waals surface area contributed by atoms with Crippen molar-refractivity contribution in [2.24, 2.45) is 11.7 Å². The first-order valence-corrected chi connectivity index (χ1v) is 6.57. The van der Waals surface area contributed by atoms with Crippen LogP contribution in [0.5, 0.6) is 0 Å². The van der Waals surface area contributed by atoms with Gasteiger partial charge in [0.1, 0.15) is 0 Å². The van der Waals surface area contributed by atoms with E-state index in [1.54, 1.807) is 30.3 Å². The Morgan fingerprint density at radius 1 is 1.33 bits per heavy atom. The van der Waals surface area contributed by atoms with Gasteiger partial charge in [0, 0.05) is 5.92 Å². The summed E-state index contributed by atoms with van der Waals surface area (Å²) in [6, 6.07) is 8.42. The van der Waals surface area contributed by atoms with E-state index in [2.05, 4.69) is 0 Å². The molecule has 1 aromatic rings. The van der Waals surface area contributed by atoms with Crippen LogP contribution in [0.3, 0.4) is 0 Å². The average molecular weight is 241 g/mol. The highest BCUT2D eigenvalue weighted by Gasteiger charge is 2.49. The Morgan fingerprint density at radius 3 is 2.40 bits per heavy atom. The Labute approximate surface area is 94.2 Å². The van der Waals surface area contributed by atoms with Gasteiger partial charge in [0.15, 0.2) is 9.84 Å². The Balaban J connectivity index is 2.28. The number of hydrogen-bond donors (Lipinski definition) is 1. The highest BCUT2D eigenvalue weighted by molar-refractivity contribution is 7.92. The highest BCUT2D eigenvalue weighted by atomic mass is 32.2. The molecular formula is C10H11NO2S2. The highest BCUT2D eigenvalue weighted by Crippen LogP contribution is 2.40. The van der Waals surface area contributed by atoms with Gasteiger partial charge in [-0.25, -0.2) is 8.42 Å². The normalized spacial score (nSPS) is 24.8. The summed E-state index contributed by atoms with van der Waals surface area (Å²) in [5, 5.41) is -0.405. The first kappa shape index (κ1) is 10.6. The zero-order chi connectivity index (χ0) is 11.1. The second-order valence-electron chi connectivity index (χ2n) is 3.64. The van der Waals surface area contributed by atoms with Crippen molar-refractivity contribution in [3.63, 3.8) is 0 Å². The van der Waals surface area contributed by atoms with Gasteiger partial charge in [-0.05, 0) is 18.6 Å². The molecule has 0 aromatic heterocycles. The van der Waals surface area contributed by atoms with Crippen LogP contribution in [0, 0.1) is 5.92 Å². The van der Waals surface area contributed by atoms with Crippen LogP contribution in [-0.2, 0) is 9.84 Å². The van der Waals surface area contributed by atoms with Gasteiger partial charge in [-0.1, -0.05) is 30.4 Å². The molecule has 0 bridgehead atoms. The second kappa shape index (κ2) is 3.57. The Bertz CT molecular complexity index is 481. The largest absolute Gasteiger partial charge is 0.393 e. The van der Waals surface area contributed by atoms with Gasteiger partial charge in [0.25, 0.3) is 0 Å². The molecule has 1 saturated carbocycles. The molecule has 80 valence electrons. The van der Waals surface area contributed by atoms with Gasteiger partial charge >= 0.3 is 0 Å². The van der Waals surface area contributed by atoms with Crippen molar-refractivity contribution in [1.82, 2.24) is 0 Å². The van der Waals surface area contributed by atoms with E-state index in [0.717, 1.165) is 0 Å². The minimum Gasteiger partial charge on any atom is -0.393 e. The first-order chi connectivity index (χ1) is 7.03. The molecule has 0 spiro atoms. The van der Waals surface area contributed by atoms with Crippen LogP contribution in [0.2, 0.25) is 0 Å². The fourth-order valence-corrected chi connectivity index (χ4v) is 3.87. The summed E-state index contributed by atoms with van der Waals surface area (Å²) < 4.78 is 24.0. The smallest absolute Gasteiger partial charge is 0.181 e. The van der Waals surface area contributed by atoms with Crippen molar-refractivity contribution >= 4 is 27.0 Å². The third kappa shape index (κ3) is 1.89. The van der Waals surface area contributed by atoms with Crippen molar-refractivity contribution in [1.29, 1.82) is 0 Å². The summed E-state index contributed by atoms with van der Waals surface area (Å²) in [7, 11) is -3.23. The Hall–Kier alpha value is -0.940. The van der Waals surface area contributed by atoms with E-state index in [1.165, 1.54) is 0 Å². The lowest BCUT2D eigenvalue weighted by Crippen LogP contribution is -2.17. The maximum absolute atomic E-state index is 12.0. The van der Waals surface area contributed by atoms with Crippen molar-refractivity contribution in [2.75, 3.05) is 0 Å². The fourth-order valence-electron chi connectivity index (χ4n) is 1.60. The predicted molar refractivity (Wildman–Crippen MR) is 62.3 cm³/mol. The first-order valence-electron chi connectivity index (χ1n) is 4.62. The lowest BCUT2D eigenvalue weighted by Gasteiger charge is -2.02. The monoisotopic (exact) mass is 241 g/mol. The molecule has 1 aromatic carbocycles. The van der Waals surface area contributed by atoms with E-state index in [-0.39, 0.29) is 5.92 Å². The molecule has 3 nitrogen and oxygen atoms in total. The number of sulfone groups is 1. The summed E-state index contributed by atoms with van der Waals surface area (Å²) in [6.07, 6.45) is 0.562. The zero-order valence-corrected chi connectivity index (χ0v) is 9.59. The molecule has 2 rings (SSSR count). The lowest BCUT2D eigenvalue weighted by atomic mass is 10.4. The molecule has 0 radical (unpaired) electrons. The van der Waals surface area contributed by atoms with Gasteiger partial charge in [0.05, 0.1) is 15.1 Å². The van der Waals surface area contributed by atoms with Crippen molar-refractivity contribution in [3.8, 4) is 0 Å². The van der Waals surface area contributed by atoms with Crippen LogP contribution in [0.1, 0.15) is 6.42 Å². The standard InChI is InChI=1S/C10H11NO2S2/c11-10(14)8-6-9(8)15(12,13)7-4-2-1-3-5-7/h1-5,8-9H,6H2,(H2,11,14). The summed E-state index contributed by atoms with van der Waals surface area (Å²) in [5.41, 5.74) is 5.43. The zero-order valence-electron chi connectivity index (χ0n) is 7.96. The molecule has 5 heteroatoms. The Morgan fingerprint density at radius 2 is 1.93 bits per heavy atom. The quantitative estimate of drug-likeness (QED) is 0.806. The maximum Gasteiger partial charge on any atom is 0.181 e. The number of benzene rings is 1. The minimum atomic E-state index is -3.23. The molecule has 0 aliphatic heterocycles. The minimum absolute atomic E-state index is 0.134. The van der Waals surface area contributed by atoms with E-state index >= 15 is 0 Å². The third-order valence-corrected chi connectivity index (χ3v) is 5.12. The topological polar surface area (TPSA) is 60.2 Å². The van der Waals surface area contributed by atoms with Crippen molar-refractivity contribution in [3.05, 3.63) is 30.3 Å². The van der Waals surface area contributed by atoms with E-state index in [0.29, 0.717) is 16.3 Å². The molecule has 0 saturated heterocycles. The van der Waals surface area contributed by atoms with E-state index in [4.69, 9.17) is 18.0 Å². The average Bonchev–Trinajstić information content (AvgIpc) is 2.99. The van der Waals surface area contributed by atoms with Crippen LogP contribution in [0.4, 0.5) is 0 Å². The van der Waals surface area contributed by atoms with Crippen LogP contribution in [0.15, 0.2) is 35.2 Å². The van der Waals surface area contributed by atoms with Gasteiger partial charge in [0.2, 0.25) is 0 Å². The molecule has 0 heterocycles. The van der Waals surface area contributed by atoms with Crippen LogP contribution < -0.4 is 5.73 Å². The molecule has 2 unspecified atom stereocenters. The van der Waals surface area contributed by atoms with E-state index in [9.17, 15) is 8.42 Å². The molecule has 15 heavy (non-hydrogen) atoms. The van der Waals surface area contributed by atoms with Crippen molar-refractivity contribution in [2.45, 2.75) is 16.6 Å².